The number of nitriles is 1. The monoisotopic (exact) mass is 515 g/mol. The van der Waals surface area contributed by atoms with Gasteiger partial charge in [0.15, 0.2) is 5.78 Å². The van der Waals surface area contributed by atoms with Gasteiger partial charge in [-0.2, -0.15) is 5.26 Å². The van der Waals surface area contributed by atoms with Crippen LogP contribution in [0.3, 0.4) is 0 Å². The molecule has 1 N–H and O–H groups in total. The molecule has 1 aliphatic rings. The number of nitrogens with zero attached hydrogens (tertiary/aromatic N) is 3. The second kappa shape index (κ2) is 10.3. The molecule has 0 saturated carbocycles. The van der Waals surface area contributed by atoms with E-state index in [-0.39, 0.29) is 27.6 Å². The molecule has 9 heteroatoms. The third kappa shape index (κ3) is 4.87. The molecule has 0 radical (unpaired) electrons. The van der Waals surface area contributed by atoms with Crippen LogP contribution in [0.5, 0.6) is 5.88 Å². The molecule has 3 aromatic rings. The van der Waals surface area contributed by atoms with Crippen LogP contribution < -0.4 is 5.56 Å². The van der Waals surface area contributed by atoms with Gasteiger partial charge in [0.25, 0.3) is 11.5 Å². The zero-order valence-corrected chi connectivity index (χ0v) is 21.2. The third-order valence-electron chi connectivity index (χ3n) is 5.81. The van der Waals surface area contributed by atoms with Crippen molar-refractivity contribution in [1.29, 1.82) is 5.26 Å². The fourth-order valence-corrected chi connectivity index (χ4v) is 5.12. The van der Waals surface area contributed by atoms with E-state index in [1.165, 1.54) is 6.92 Å². The van der Waals surface area contributed by atoms with Crippen molar-refractivity contribution >= 4 is 46.1 Å². The summed E-state index contributed by atoms with van der Waals surface area (Å²) in [5, 5.41) is 20.6. The van der Waals surface area contributed by atoms with Crippen LogP contribution in [-0.2, 0) is 11.3 Å². The number of hydrogen-bond acceptors (Lipinski definition) is 7. The van der Waals surface area contributed by atoms with E-state index in [1.807, 2.05) is 55.5 Å². The molecule has 4 rings (SSSR count). The van der Waals surface area contributed by atoms with Crippen molar-refractivity contribution in [2.24, 2.45) is 0 Å². The standard InChI is InChI=1S/C27H21N3O4S2/c1-16-8-10-19(11-9-16)14-29-24(32)20(13-28)17(2)23(26(29)34)21(31)15-30-25(33)22(36-27(30)35)12-18-6-4-3-5-7-18/h3-12,34H,14-15H2,1-2H3/b22-12-. The minimum absolute atomic E-state index is 0.0267. The van der Waals surface area contributed by atoms with E-state index in [1.54, 1.807) is 18.2 Å². The lowest BCUT2D eigenvalue weighted by atomic mass is 10.0. The van der Waals surface area contributed by atoms with Gasteiger partial charge in [-0.1, -0.05) is 84.1 Å². The van der Waals surface area contributed by atoms with Gasteiger partial charge in [0.05, 0.1) is 23.6 Å². The largest absolute Gasteiger partial charge is 0.494 e. The molecule has 1 aliphatic heterocycles. The Morgan fingerprint density at radius 2 is 1.78 bits per heavy atom. The molecular formula is C27H21N3O4S2. The highest BCUT2D eigenvalue weighted by atomic mass is 32.2. The maximum atomic E-state index is 13.4. The normalized spacial score (nSPS) is 14.4. The number of thioether (sulfide) groups is 1. The predicted molar refractivity (Wildman–Crippen MR) is 143 cm³/mol. The van der Waals surface area contributed by atoms with Gasteiger partial charge in [0, 0.05) is 0 Å². The van der Waals surface area contributed by atoms with Gasteiger partial charge >= 0.3 is 0 Å². The number of carbonyl (C=O) groups excluding carboxylic acids is 2. The van der Waals surface area contributed by atoms with Crippen LogP contribution >= 0.6 is 24.0 Å². The number of amides is 1. The number of ketones is 1. The zero-order valence-electron chi connectivity index (χ0n) is 19.5. The van der Waals surface area contributed by atoms with Gasteiger partial charge < -0.3 is 5.11 Å². The summed E-state index contributed by atoms with van der Waals surface area (Å²) >= 11 is 6.43. The SMILES string of the molecule is Cc1ccc(Cn2c(O)c(C(=O)CN3C(=O)/C(=C/c4ccccc4)SC3=S)c(C)c(C#N)c2=O)cc1. The van der Waals surface area contributed by atoms with Gasteiger partial charge in [-0.15, -0.1) is 0 Å². The highest BCUT2D eigenvalue weighted by molar-refractivity contribution is 8.26. The second-order valence-corrected chi connectivity index (χ2v) is 9.96. The topological polar surface area (TPSA) is 103 Å². The number of aromatic hydroxyl groups is 1. The van der Waals surface area contributed by atoms with Gasteiger partial charge in [-0.25, -0.2) is 0 Å². The van der Waals surface area contributed by atoms with Crippen LogP contribution in [0, 0.1) is 25.2 Å². The molecular weight excluding hydrogens is 494 g/mol. The number of aromatic nitrogens is 1. The first-order valence-electron chi connectivity index (χ1n) is 11.0. The van der Waals surface area contributed by atoms with Gasteiger partial charge in [-0.3, -0.25) is 23.9 Å². The number of carbonyl (C=O) groups is 2. The fourth-order valence-electron chi connectivity index (χ4n) is 3.87. The van der Waals surface area contributed by atoms with Crippen molar-refractivity contribution < 1.29 is 14.7 Å². The number of Topliss-reactive ketones (excluding diaryl/α,β-unsaturated/α-hetero) is 1. The van der Waals surface area contributed by atoms with E-state index in [0.29, 0.717) is 10.5 Å². The maximum Gasteiger partial charge on any atom is 0.271 e. The van der Waals surface area contributed by atoms with Gasteiger partial charge in [-0.05, 0) is 36.6 Å². The lowest BCUT2D eigenvalue weighted by molar-refractivity contribution is -0.121. The van der Waals surface area contributed by atoms with Crippen molar-refractivity contribution in [3.8, 4) is 11.9 Å². The first kappa shape index (κ1) is 25.1. The zero-order chi connectivity index (χ0) is 26.0. The van der Waals surface area contributed by atoms with E-state index >= 15 is 0 Å². The molecule has 1 fully saturated rings. The molecule has 1 amide bonds. The molecule has 0 atom stereocenters. The van der Waals surface area contributed by atoms with Crippen LogP contribution in [-0.4, -0.2) is 37.1 Å². The highest BCUT2D eigenvalue weighted by Gasteiger charge is 2.35. The second-order valence-electron chi connectivity index (χ2n) is 8.29. The highest BCUT2D eigenvalue weighted by Crippen LogP contribution is 2.33. The first-order chi connectivity index (χ1) is 17.2. The molecule has 1 saturated heterocycles. The summed E-state index contributed by atoms with van der Waals surface area (Å²) in [6, 6.07) is 18.4. The van der Waals surface area contributed by atoms with Crippen molar-refractivity contribution in [2.75, 3.05) is 6.54 Å². The fraction of sp³-hybridized carbons (Fsp3) is 0.148. The quantitative estimate of drug-likeness (QED) is 0.298. The lowest BCUT2D eigenvalue weighted by Gasteiger charge is -2.18. The number of benzene rings is 2. The van der Waals surface area contributed by atoms with Crippen molar-refractivity contribution in [1.82, 2.24) is 9.47 Å². The summed E-state index contributed by atoms with van der Waals surface area (Å²) in [5.74, 6) is -1.60. The van der Waals surface area contributed by atoms with E-state index in [2.05, 4.69) is 0 Å². The molecule has 36 heavy (non-hydrogen) atoms. The molecule has 0 bridgehead atoms. The summed E-state index contributed by atoms with van der Waals surface area (Å²) in [6.07, 6.45) is 1.70. The number of aryl methyl sites for hydroxylation is 1. The van der Waals surface area contributed by atoms with E-state index in [9.17, 15) is 24.8 Å². The van der Waals surface area contributed by atoms with Crippen LogP contribution in [0.2, 0.25) is 0 Å². The number of rotatable bonds is 6. The molecule has 2 aromatic carbocycles. The van der Waals surface area contributed by atoms with Crippen molar-refractivity contribution in [3.05, 3.63) is 103 Å². The number of pyridine rings is 1. The molecule has 2 heterocycles. The molecule has 0 aliphatic carbocycles. The maximum absolute atomic E-state index is 13.4. The Balaban J connectivity index is 1.68. The Hall–Kier alpha value is -4.00. The lowest BCUT2D eigenvalue weighted by Crippen LogP contribution is -2.35. The predicted octanol–water partition coefficient (Wildman–Crippen LogP) is 4.17. The van der Waals surface area contributed by atoms with E-state index in [4.69, 9.17) is 12.2 Å². The molecule has 180 valence electrons. The summed E-state index contributed by atoms with van der Waals surface area (Å²) in [7, 11) is 0. The molecule has 0 spiro atoms. The van der Waals surface area contributed by atoms with E-state index < -0.39 is 29.7 Å². The number of hydrogen-bond donors (Lipinski definition) is 1. The number of thiocarbonyl (C=S) groups is 1. The summed E-state index contributed by atoms with van der Waals surface area (Å²) < 4.78 is 1.21. The van der Waals surface area contributed by atoms with Crippen LogP contribution in [0.1, 0.15) is 38.2 Å². The van der Waals surface area contributed by atoms with E-state index in [0.717, 1.165) is 32.4 Å². The summed E-state index contributed by atoms with van der Waals surface area (Å²) in [4.78, 5) is 40.8. The Morgan fingerprint density at radius 1 is 1.11 bits per heavy atom. The first-order valence-corrected chi connectivity index (χ1v) is 12.2. The van der Waals surface area contributed by atoms with Crippen LogP contribution in [0.25, 0.3) is 6.08 Å². The van der Waals surface area contributed by atoms with Crippen LogP contribution in [0.4, 0.5) is 0 Å². The average molecular weight is 516 g/mol. The average Bonchev–Trinajstić information content (AvgIpc) is 3.11. The summed E-state index contributed by atoms with van der Waals surface area (Å²) in [6.45, 7) is 2.90. The molecule has 7 nitrogen and oxygen atoms in total. The van der Waals surface area contributed by atoms with Crippen molar-refractivity contribution in [2.45, 2.75) is 20.4 Å². The molecule has 1 aromatic heterocycles. The third-order valence-corrected chi connectivity index (χ3v) is 7.19. The Kier molecular flexibility index (Phi) is 7.20. The Bertz CT molecular complexity index is 1520. The molecule has 0 unspecified atom stereocenters. The minimum Gasteiger partial charge on any atom is -0.494 e. The summed E-state index contributed by atoms with van der Waals surface area (Å²) in [5.41, 5.74) is 1.51. The Labute approximate surface area is 217 Å². The Morgan fingerprint density at radius 3 is 2.42 bits per heavy atom. The minimum atomic E-state index is -0.693. The van der Waals surface area contributed by atoms with Crippen LogP contribution in [0.15, 0.2) is 64.3 Å². The smallest absolute Gasteiger partial charge is 0.271 e. The van der Waals surface area contributed by atoms with Crippen molar-refractivity contribution in [3.63, 3.8) is 0 Å². The van der Waals surface area contributed by atoms with Gasteiger partial charge in [0.1, 0.15) is 16.0 Å². The van der Waals surface area contributed by atoms with Gasteiger partial charge in [0.2, 0.25) is 5.88 Å².